The quantitative estimate of drug-likeness (QED) is 0.517. The summed E-state index contributed by atoms with van der Waals surface area (Å²) in [6.07, 6.45) is 6.99. The molecule has 1 radical (unpaired) electrons. The molecule has 0 aliphatic rings. The summed E-state index contributed by atoms with van der Waals surface area (Å²) in [5, 5.41) is 2.50. The molecule has 1 heteroatoms. The third kappa shape index (κ3) is 1.60. The van der Waals surface area contributed by atoms with Gasteiger partial charge in [0.2, 0.25) is 0 Å². The molecule has 0 saturated heterocycles. The fourth-order valence-corrected chi connectivity index (χ4v) is 2.50. The maximum atomic E-state index is 6.99. The van der Waals surface area contributed by atoms with E-state index in [9.17, 15) is 0 Å². The third-order valence-corrected chi connectivity index (χ3v) is 3.33. The molecule has 0 heterocycles. The molecule has 0 unspecified atom stereocenters. The van der Waals surface area contributed by atoms with E-state index in [2.05, 4.69) is 29.1 Å². The minimum absolute atomic E-state index is 0.0564. The first-order valence-electron chi connectivity index (χ1n) is 3.98. The Kier molecular flexibility index (Phi) is 2.36. The Bertz CT molecular complexity index is 461. The summed E-state index contributed by atoms with van der Waals surface area (Å²) in [5.74, 6) is 0. The van der Waals surface area contributed by atoms with Gasteiger partial charge in [0, 0.05) is 0 Å². The van der Waals surface area contributed by atoms with Crippen molar-refractivity contribution in [2.45, 2.75) is 0 Å². The zero-order valence-electron chi connectivity index (χ0n) is 6.95. The molecule has 0 atom stereocenters. The molecule has 2 rings (SSSR count). The van der Waals surface area contributed by atoms with Gasteiger partial charge in [0.25, 0.3) is 0 Å². The van der Waals surface area contributed by atoms with E-state index in [0.29, 0.717) is 0 Å². The van der Waals surface area contributed by atoms with Crippen molar-refractivity contribution in [1.29, 1.82) is 0 Å². The van der Waals surface area contributed by atoms with Crippen molar-refractivity contribution in [1.82, 2.24) is 0 Å². The molecule has 0 aliphatic carbocycles. The fourth-order valence-electron chi connectivity index (χ4n) is 1.34. The summed E-state index contributed by atoms with van der Waals surface area (Å²) < 4.78 is 1.24. The van der Waals surface area contributed by atoms with Crippen LogP contribution in [0.5, 0.6) is 0 Å². The van der Waals surface area contributed by atoms with E-state index in [1.807, 2.05) is 18.2 Å². The number of benzene rings is 2. The Labute approximate surface area is 84.1 Å². The number of rotatable bonds is 1. The van der Waals surface area contributed by atoms with E-state index in [1.54, 1.807) is 0 Å². The van der Waals surface area contributed by atoms with E-state index >= 15 is 0 Å². The van der Waals surface area contributed by atoms with Crippen LogP contribution >= 0.6 is 0 Å². The Morgan fingerprint density at radius 1 is 1.00 bits per heavy atom. The summed E-state index contributed by atoms with van der Waals surface area (Å²) in [6, 6.07) is 14.5. The van der Waals surface area contributed by atoms with Crippen molar-refractivity contribution < 1.29 is 0 Å². The molecule has 0 amide bonds. The van der Waals surface area contributed by atoms with Gasteiger partial charge in [-0.2, -0.15) is 0 Å². The van der Waals surface area contributed by atoms with Gasteiger partial charge in [0.1, 0.15) is 0 Å². The number of hydrogen-bond donors (Lipinski definition) is 0. The van der Waals surface area contributed by atoms with Crippen LogP contribution in [0.15, 0.2) is 42.5 Å². The van der Waals surface area contributed by atoms with Crippen molar-refractivity contribution in [2.75, 3.05) is 0 Å². The van der Waals surface area contributed by atoms with Crippen LogP contribution in [-0.2, 0) is 0 Å². The standard InChI is InChI=1S/C12H7Se/c1-2-13-12-9-5-7-10-6-3-4-8-11(10)12/h3-9H. The van der Waals surface area contributed by atoms with E-state index in [0.717, 1.165) is 0 Å². The predicted molar refractivity (Wildman–Crippen MR) is 56.5 cm³/mol. The molecule has 0 nitrogen and oxygen atoms in total. The summed E-state index contributed by atoms with van der Waals surface area (Å²) in [5.41, 5.74) is 0. The van der Waals surface area contributed by atoms with Gasteiger partial charge in [0.15, 0.2) is 0 Å². The average molecular weight is 230 g/mol. The zero-order chi connectivity index (χ0) is 9.10. The average Bonchev–Trinajstić information content (AvgIpc) is 2.19. The van der Waals surface area contributed by atoms with Gasteiger partial charge in [0.05, 0.1) is 0 Å². The molecule has 61 valence electrons. The van der Waals surface area contributed by atoms with Crippen molar-refractivity contribution in [2.24, 2.45) is 0 Å². The zero-order valence-corrected chi connectivity index (χ0v) is 8.66. The van der Waals surface area contributed by atoms with E-state index in [-0.39, 0.29) is 15.0 Å². The summed E-state index contributed by atoms with van der Waals surface area (Å²) in [6.45, 7) is 0. The van der Waals surface area contributed by atoms with Crippen LogP contribution < -0.4 is 4.46 Å². The second kappa shape index (κ2) is 3.66. The van der Waals surface area contributed by atoms with E-state index < -0.39 is 0 Å². The topological polar surface area (TPSA) is 0 Å². The molecule has 2 aromatic rings. The van der Waals surface area contributed by atoms with Crippen molar-refractivity contribution >= 4 is 30.2 Å². The molecule has 0 aromatic heterocycles. The van der Waals surface area contributed by atoms with Gasteiger partial charge in [-0.15, -0.1) is 0 Å². The second-order valence-corrected chi connectivity index (χ2v) is 4.46. The molecule has 0 aliphatic heterocycles. The van der Waals surface area contributed by atoms with Crippen molar-refractivity contribution in [3.05, 3.63) is 48.9 Å². The molecule has 0 saturated carbocycles. The molecule has 0 N–H and O–H groups in total. The monoisotopic (exact) mass is 231 g/mol. The molecule has 0 fully saturated rings. The third-order valence-electron chi connectivity index (χ3n) is 1.91. The summed E-state index contributed by atoms with van der Waals surface area (Å²) in [7, 11) is 0. The van der Waals surface area contributed by atoms with Crippen molar-refractivity contribution in [3.63, 3.8) is 0 Å². The first kappa shape index (κ1) is 8.38. The van der Waals surface area contributed by atoms with Crippen LogP contribution in [-0.4, -0.2) is 15.0 Å². The first-order valence-corrected chi connectivity index (χ1v) is 5.69. The summed E-state index contributed by atoms with van der Waals surface area (Å²) in [4.78, 5) is 2.49. The Balaban J connectivity index is 2.70. The van der Waals surface area contributed by atoms with Gasteiger partial charge in [-0.3, -0.25) is 0 Å². The Morgan fingerprint density at radius 3 is 2.62 bits per heavy atom. The maximum absolute atomic E-state index is 6.99. The molecule has 2 aromatic carbocycles. The van der Waals surface area contributed by atoms with Crippen molar-refractivity contribution in [3.8, 4) is 4.82 Å². The van der Waals surface area contributed by atoms with Crippen LogP contribution in [0.3, 0.4) is 0 Å². The van der Waals surface area contributed by atoms with Gasteiger partial charge in [-0.1, -0.05) is 0 Å². The van der Waals surface area contributed by atoms with Gasteiger partial charge < -0.3 is 0 Å². The van der Waals surface area contributed by atoms with E-state index in [4.69, 9.17) is 6.42 Å². The predicted octanol–water partition coefficient (Wildman–Crippen LogP) is 1.72. The molecule has 0 spiro atoms. The van der Waals surface area contributed by atoms with Crippen LogP contribution in [0, 0.1) is 11.2 Å². The second-order valence-electron chi connectivity index (χ2n) is 2.68. The van der Waals surface area contributed by atoms with Gasteiger partial charge in [-0.05, 0) is 0 Å². The summed E-state index contributed by atoms with van der Waals surface area (Å²) >= 11 is 0.0564. The van der Waals surface area contributed by atoms with Crippen LogP contribution in [0.4, 0.5) is 0 Å². The minimum atomic E-state index is 0.0564. The molecule has 13 heavy (non-hydrogen) atoms. The SMILES string of the molecule is [C]#C[Se]c1cccc2ccccc12. The van der Waals surface area contributed by atoms with E-state index in [1.165, 1.54) is 15.2 Å². The van der Waals surface area contributed by atoms with Gasteiger partial charge in [-0.25, -0.2) is 0 Å². The first-order chi connectivity index (χ1) is 6.42. The molecule has 0 bridgehead atoms. The fraction of sp³-hybridized carbons (Fsp3) is 0. The Morgan fingerprint density at radius 2 is 1.77 bits per heavy atom. The van der Waals surface area contributed by atoms with Crippen LogP contribution in [0.2, 0.25) is 0 Å². The molecular formula is C12H7Se. The normalized spacial score (nSPS) is 9.77. The molecular weight excluding hydrogens is 223 g/mol. The Hall–Kier alpha value is -1.22. The van der Waals surface area contributed by atoms with Crippen LogP contribution in [0.25, 0.3) is 10.8 Å². The number of hydrogen-bond acceptors (Lipinski definition) is 0. The number of fused-ring (bicyclic) bond motifs is 1. The van der Waals surface area contributed by atoms with Crippen LogP contribution in [0.1, 0.15) is 0 Å². The van der Waals surface area contributed by atoms with Gasteiger partial charge >= 0.3 is 83.9 Å².